The molecule has 2 N–H and O–H groups in total. The lowest BCUT2D eigenvalue weighted by molar-refractivity contribution is 0.0954. The van der Waals surface area contributed by atoms with Crippen molar-refractivity contribution in [1.82, 2.24) is 0 Å². The number of rotatable bonds is 14. The third-order valence-electron chi connectivity index (χ3n) is 9.57. The number of carbonyl (C=O) groups is 2. The van der Waals surface area contributed by atoms with Crippen molar-refractivity contribution in [3.05, 3.63) is 124 Å². The van der Waals surface area contributed by atoms with Gasteiger partial charge in [0.15, 0.2) is 17.3 Å². The van der Waals surface area contributed by atoms with Crippen LogP contribution in [0.15, 0.2) is 89.5 Å². The minimum atomic E-state index is -0.195. The van der Waals surface area contributed by atoms with E-state index in [-0.39, 0.29) is 17.6 Å². The summed E-state index contributed by atoms with van der Waals surface area (Å²) in [5, 5.41) is 0. The van der Waals surface area contributed by atoms with E-state index in [0.29, 0.717) is 42.4 Å². The van der Waals surface area contributed by atoms with Gasteiger partial charge in [0, 0.05) is 24.4 Å². The molecule has 1 aliphatic carbocycles. The van der Waals surface area contributed by atoms with Crippen LogP contribution in [-0.4, -0.2) is 24.7 Å². The Balaban J connectivity index is 1.25. The largest absolute Gasteiger partial charge is 0.497 e. The Hall–Kier alpha value is -3.96. The molecule has 1 aliphatic rings. The molecule has 3 atom stereocenters. The molecule has 1 saturated carbocycles. The van der Waals surface area contributed by atoms with Crippen LogP contribution in [0.1, 0.15) is 118 Å². The van der Waals surface area contributed by atoms with Gasteiger partial charge in [-0.25, -0.2) is 0 Å². The highest BCUT2D eigenvalue weighted by molar-refractivity contribution is 5.97. The molecular weight excluding hydrogens is 558 g/mol. The molecule has 0 aliphatic heterocycles. The van der Waals surface area contributed by atoms with Gasteiger partial charge in [-0.2, -0.15) is 0 Å². The molecule has 0 spiro atoms. The molecule has 45 heavy (non-hydrogen) atoms. The van der Waals surface area contributed by atoms with Gasteiger partial charge in [-0.05, 0) is 128 Å². The van der Waals surface area contributed by atoms with Gasteiger partial charge in [-0.3, -0.25) is 9.59 Å². The van der Waals surface area contributed by atoms with Crippen molar-refractivity contribution in [3.8, 4) is 5.75 Å². The number of carbonyl (C=O) groups excluding carboxylic acids is 2. The number of Topliss-reactive ketones (excluding diaryl/α,β-unsaturated/α-hetero) is 2. The highest BCUT2D eigenvalue weighted by Crippen LogP contribution is 2.40. The molecule has 236 valence electrons. The van der Waals surface area contributed by atoms with Crippen LogP contribution >= 0.6 is 0 Å². The quantitative estimate of drug-likeness (QED) is 0.114. The lowest BCUT2D eigenvalue weighted by Crippen LogP contribution is -2.24. The number of methoxy groups -OCH3 is 1. The average molecular weight is 606 g/mol. The van der Waals surface area contributed by atoms with Gasteiger partial charge in [0.1, 0.15) is 5.75 Å². The van der Waals surface area contributed by atoms with Crippen molar-refractivity contribution in [2.24, 2.45) is 5.73 Å². The molecular formula is C40H47NO4. The highest BCUT2D eigenvalue weighted by atomic mass is 16.5. The topological polar surface area (TPSA) is 82.5 Å². The summed E-state index contributed by atoms with van der Waals surface area (Å²) in [4.78, 5) is 26.3. The SMILES string of the molecule is COc1ccc(CCCC(N)CC(=O)c2ccc(C3CCCC(c4ccccc4C)CC3)c(CCC(=O)c3ccco3)c2)cc1. The number of hydrogen-bond donors (Lipinski definition) is 1. The Labute approximate surface area is 268 Å². The van der Waals surface area contributed by atoms with E-state index in [1.165, 1.54) is 41.4 Å². The number of furan rings is 1. The monoisotopic (exact) mass is 605 g/mol. The number of ketones is 2. The van der Waals surface area contributed by atoms with Crippen molar-refractivity contribution in [2.75, 3.05) is 7.11 Å². The van der Waals surface area contributed by atoms with Crippen LogP contribution in [0.2, 0.25) is 0 Å². The summed E-state index contributed by atoms with van der Waals surface area (Å²) in [5.41, 5.74) is 13.6. The predicted octanol–water partition coefficient (Wildman–Crippen LogP) is 9.17. The Morgan fingerprint density at radius 2 is 1.62 bits per heavy atom. The van der Waals surface area contributed by atoms with E-state index >= 15 is 0 Å². The van der Waals surface area contributed by atoms with Gasteiger partial charge in [0.05, 0.1) is 13.4 Å². The first-order valence-electron chi connectivity index (χ1n) is 16.6. The normalized spacial score (nSPS) is 17.4. The lowest BCUT2D eigenvalue weighted by atomic mass is 9.84. The highest BCUT2D eigenvalue weighted by Gasteiger charge is 2.25. The third-order valence-corrected chi connectivity index (χ3v) is 9.57. The predicted molar refractivity (Wildman–Crippen MR) is 180 cm³/mol. The smallest absolute Gasteiger partial charge is 0.198 e. The van der Waals surface area contributed by atoms with Gasteiger partial charge >= 0.3 is 0 Å². The van der Waals surface area contributed by atoms with Crippen LogP contribution in [0, 0.1) is 6.92 Å². The van der Waals surface area contributed by atoms with Crippen LogP contribution in [0.4, 0.5) is 0 Å². The summed E-state index contributed by atoms with van der Waals surface area (Å²) in [7, 11) is 1.67. The number of nitrogens with two attached hydrogens (primary N) is 1. The van der Waals surface area contributed by atoms with Crippen LogP contribution in [-0.2, 0) is 12.8 Å². The molecule has 5 nitrogen and oxygen atoms in total. The van der Waals surface area contributed by atoms with Gasteiger partial charge in [0.2, 0.25) is 0 Å². The fraction of sp³-hybridized carbons (Fsp3) is 0.400. The molecule has 0 amide bonds. The molecule has 0 saturated heterocycles. The van der Waals surface area contributed by atoms with Crippen molar-refractivity contribution in [3.63, 3.8) is 0 Å². The summed E-state index contributed by atoms with van der Waals surface area (Å²) in [6, 6.07) is 26.3. The van der Waals surface area contributed by atoms with Crippen molar-refractivity contribution in [2.45, 2.75) is 95.4 Å². The number of benzene rings is 3. The molecule has 0 bridgehead atoms. The van der Waals surface area contributed by atoms with E-state index in [1.54, 1.807) is 19.2 Å². The summed E-state index contributed by atoms with van der Waals surface area (Å²) in [6.07, 6.45) is 11.1. The van der Waals surface area contributed by atoms with Gasteiger partial charge in [0.25, 0.3) is 0 Å². The number of ether oxygens (including phenoxy) is 1. The Morgan fingerprint density at radius 1 is 0.867 bits per heavy atom. The van der Waals surface area contributed by atoms with Gasteiger partial charge in [-0.15, -0.1) is 0 Å². The van der Waals surface area contributed by atoms with Crippen molar-refractivity contribution < 1.29 is 18.7 Å². The van der Waals surface area contributed by atoms with Gasteiger partial charge < -0.3 is 14.9 Å². The molecule has 3 unspecified atom stereocenters. The maximum absolute atomic E-state index is 13.4. The van der Waals surface area contributed by atoms with Crippen LogP contribution in [0.5, 0.6) is 5.75 Å². The number of hydrogen-bond acceptors (Lipinski definition) is 5. The van der Waals surface area contributed by atoms with E-state index in [4.69, 9.17) is 14.9 Å². The van der Waals surface area contributed by atoms with Crippen molar-refractivity contribution >= 4 is 11.6 Å². The van der Waals surface area contributed by atoms with E-state index in [9.17, 15) is 9.59 Å². The Bertz CT molecular complexity index is 1540. The third kappa shape index (κ3) is 8.82. The summed E-state index contributed by atoms with van der Waals surface area (Å²) in [6.45, 7) is 2.22. The van der Waals surface area contributed by atoms with E-state index < -0.39 is 0 Å². The fourth-order valence-corrected chi connectivity index (χ4v) is 6.99. The number of aryl methyl sites for hydroxylation is 3. The zero-order valence-corrected chi connectivity index (χ0v) is 26.8. The van der Waals surface area contributed by atoms with E-state index in [1.807, 2.05) is 24.3 Å². The second kappa shape index (κ2) is 15.9. The molecule has 3 aromatic carbocycles. The second-order valence-corrected chi connectivity index (χ2v) is 12.7. The first kappa shape index (κ1) is 32.4. The van der Waals surface area contributed by atoms with Crippen molar-refractivity contribution in [1.29, 1.82) is 0 Å². The molecule has 5 heteroatoms. The fourth-order valence-electron chi connectivity index (χ4n) is 6.99. The summed E-state index contributed by atoms with van der Waals surface area (Å²) < 4.78 is 10.6. The average Bonchev–Trinajstić information content (AvgIpc) is 3.50. The standard InChI is InChI=1S/C40H47NO4/c1-28-8-3-4-13-36(28)30-10-6-11-31(18-17-30)37-23-19-33(26-32(37)20-24-38(42)40-14-7-25-45-40)39(43)27-34(41)12-5-9-29-15-21-35(44-2)22-16-29/h3-4,7-8,13-16,19,21-23,25-26,30-31,34H,5-6,9-12,17-18,20,24,27,41H2,1-2H3. The zero-order chi connectivity index (χ0) is 31.6. The summed E-state index contributed by atoms with van der Waals surface area (Å²) >= 11 is 0. The molecule has 1 aromatic heterocycles. The van der Waals surface area contributed by atoms with E-state index in [2.05, 4.69) is 49.4 Å². The van der Waals surface area contributed by atoms with Crippen LogP contribution < -0.4 is 10.5 Å². The van der Waals surface area contributed by atoms with Crippen LogP contribution in [0.25, 0.3) is 0 Å². The Morgan fingerprint density at radius 3 is 2.33 bits per heavy atom. The van der Waals surface area contributed by atoms with E-state index in [0.717, 1.165) is 49.8 Å². The maximum Gasteiger partial charge on any atom is 0.198 e. The first-order valence-corrected chi connectivity index (χ1v) is 16.6. The molecule has 1 heterocycles. The van der Waals surface area contributed by atoms with Crippen LogP contribution in [0.3, 0.4) is 0 Å². The first-order chi connectivity index (χ1) is 21.9. The molecule has 5 rings (SSSR count). The minimum Gasteiger partial charge on any atom is -0.497 e. The second-order valence-electron chi connectivity index (χ2n) is 12.7. The zero-order valence-electron chi connectivity index (χ0n) is 26.8. The molecule has 1 fully saturated rings. The molecule has 4 aromatic rings. The molecule has 0 radical (unpaired) electrons. The summed E-state index contributed by atoms with van der Waals surface area (Å²) in [5.74, 6) is 2.28. The minimum absolute atomic E-state index is 0.0120. The van der Waals surface area contributed by atoms with Gasteiger partial charge in [-0.1, -0.05) is 55.0 Å². The maximum atomic E-state index is 13.4. The Kier molecular flexibility index (Phi) is 11.4. The lowest BCUT2D eigenvalue weighted by Gasteiger charge is -2.21.